The predicted octanol–water partition coefficient (Wildman–Crippen LogP) is 9.23. The number of alkyl halides is 1. The van der Waals surface area contributed by atoms with Gasteiger partial charge in [-0.05, 0) is 43.0 Å². The summed E-state index contributed by atoms with van der Waals surface area (Å²) < 4.78 is 66.5. The van der Waals surface area contributed by atoms with Crippen molar-refractivity contribution < 1.29 is 25.8 Å². The molecule has 1 N–H and O–H groups in total. The first-order valence-corrected chi connectivity index (χ1v) is 24.5. The molecule has 56 heavy (non-hydrogen) atoms. The predicted molar refractivity (Wildman–Crippen MR) is 233 cm³/mol. The third-order valence-corrected chi connectivity index (χ3v) is 22.5. The van der Waals surface area contributed by atoms with Crippen LogP contribution in [0.25, 0.3) is 0 Å². The molecular weight excluding hydrogens is 824 g/mol. The molecule has 0 saturated heterocycles. The van der Waals surface area contributed by atoms with Gasteiger partial charge in [0.05, 0.1) is 21.7 Å². The van der Waals surface area contributed by atoms with Crippen molar-refractivity contribution in [3.8, 4) is 0 Å². The summed E-state index contributed by atoms with van der Waals surface area (Å²) in [5, 5.41) is 10.3. The Hall–Kier alpha value is -3.17. The molecule has 0 spiro atoms. The minimum absolute atomic E-state index is 0.0442. The summed E-state index contributed by atoms with van der Waals surface area (Å²) in [7, 11) is -11.8. The molecule has 0 heterocycles. The van der Waals surface area contributed by atoms with Crippen LogP contribution in [0.1, 0.15) is 41.5 Å². The molecule has 0 saturated carbocycles. The maximum Gasteiger partial charge on any atom is 0.298 e. The van der Waals surface area contributed by atoms with Gasteiger partial charge in [-0.15, -0.1) is 0 Å². The van der Waals surface area contributed by atoms with Crippen LogP contribution in [0, 0.1) is 5.41 Å². The molecule has 6 nitrogen and oxygen atoms in total. The van der Waals surface area contributed by atoms with Crippen LogP contribution in [-0.4, -0.2) is 56.3 Å². The van der Waals surface area contributed by atoms with E-state index in [1.807, 2.05) is 142 Å². The average Bonchev–Trinajstić information content (AvgIpc) is 3.16. The lowest BCUT2D eigenvalue weighted by Crippen LogP contribution is -2.70. The van der Waals surface area contributed by atoms with Gasteiger partial charge < -0.3 is 14.3 Å². The smallest absolute Gasteiger partial charge is 0.298 e. The molecule has 0 aliphatic heterocycles. The van der Waals surface area contributed by atoms with Crippen molar-refractivity contribution in [2.75, 3.05) is 6.61 Å². The molecule has 3 atom stereocenters. The normalized spacial score (nSPS) is 14.5. The van der Waals surface area contributed by atoms with Gasteiger partial charge >= 0.3 is 0 Å². The number of halogens is 4. The lowest BCUT2D eigenvalue weighted by Gasteiger charge is -2.47. The van der Waals surface area contributed by atoms with E-state index in [2.05, 4.69) is 20.8 Å². The van der Waals surface area contributed by atoms with Gasteiger partial charge in [-0.3, -0.25) is 4.18 Å². The van der Waals surface area contributed by atoms with Crippen LogP contribution in [0.5, 0.6) is 0 Å². The maximum atomic E-state index is 16.9. The molecule has 0 aliphatic carbocycles. The zero-order valence-corrected chi connectivity index (χ0v) is 37.3. The monoisotopic (exact) mass is 869 g/mol. The van der Waals surface area contributed by atoms with Gasteiger partial charge in [0.15, 0.2) is 6.17 Å². The first-order chi connectivity index (χ1) is 26.4. The molecule has 5 aromatic rings. The summed E-state index contributed by atoms with van der Waals surface area (Å²) >= 11 is 19.0. The summed E-state index contributed by atoms with van der Waals surface area (Å²) in [5.74, 6) is 0. The molecule has 0 amide bonds. The van der Waals surface area contributed by atoms with Crippen molar-refractivity contribution >= 4 is 88.5 Å². The van der Waals surface area contributed by atoms with E-state index in [0.29, 0.717) is 6.21 Å². The first-order valence-electron chi connectivity index (χ1n) is 18.2. The van der Waals surface area contributed by atoms with Crippen molar-refractivity contribution in [3.63, 3.8) is 0 Å². The average molecular weight is 871 g/mol. The Morgan fingerprint density at radius 2 is 1.02 bits per heavy atom. The number of nitrogens with one attached hydrogen (secondary N) is 1. The van der Waals surface area contributed by atoms with E-state index < -0.39 is 66.7 Å². The lowest BCUT2D eigenvalue weighted by molar-refractivity contribution is -0.00566. The summed E-state index contributed by atoms with van der Waals surface area (Å²) in [6.45, 7) is 11.9. The summed E-state index contributed by atoms with van der Waals surface area (Å²) in [5.41, 5.74) is 0. The van der Waals surface area contributed by atoms with Gasteiger partial charge in [0, 0.05) is 6.21 Å². The molecular formula is C43H47Cl3FNO5SSi2. The van der Waals surface area contributed by atoms with Gasteiger partial charge in [0.2, 0.25) is 0 Å². The van der Waals surface area contributed by atoms with Gasteiger partial charge in [0.25, 0.3) is 26.8 Å². The molecule has 5 rings (SSSR count). The molecule has 0 bridgehead atoms. The largest absolute Gasteiger partial charge is 0.405 e. The molecule has 0 aromatic heterocycles. The fourth-order valence-electron chi connectivity index (χ4n) is 7.39. The van der Waals surface area contributed by atoms with Crippen LogP contribution < -0.4 is 20.7 Å². The summed E-state index contributed by atoms with van der Waals surface area (Å²) in [4.78, 5) is -0.460. The maximum absolute atomic E-state index is 16.9. The second kappa shape index (κ2) is 17.8. The fourth-order valence-corrected chi connectivity index (χ4v) is 18.7. The topological polar surface area (TPSA) is 85.7 Å². The van der Waals surface area contributed by atoms with E-state index in [1.54, 1.807) is 0 Å². The third-order valence-electron chi connectivity index (χ3n) is 9.94. The van der Waals surface area contributed by atoms with Crippen LogP contribution >= 0.6 is 34.8 Å². The van der Waals surface area contributed by atoms with Crippen molar-refractivity contribution in [3.05, 3.63) is 149 Å². The highest BCUT2D eigenvalue weighted by atomic mass is 35.5. The van der Waals surface area contributed by atoms with Crippen LogP contribution in [0.15, 0.2) is 138 Å². The molecule has 0 aliphatic rings. The fraction of sp³-hybridized carbons (Fsp3) is 0.279. The second-order valence-corrected chi connectivity index (χ2v) is 26.9. The number of hydrogen-bond acceptors (Lipinski definition) is 6. The third kappa shape index (κ3) is 8.94. The van der Waals surface area contributed by atoms with Crippen molar-refractivity contribution in [2.24, 2.45) is 0 Å². The summed E-state index contributed by atoms with van der Waals surface area (Å²) in [6, 6.07) is 41.0. The Bertz CT molecular complexity index is 2110. The first kappa shape index (κ1) is 43.9. The van der Waals surface area contributed by atoms with Crippen LogP contribution in [-0.2, 0) is 23.2 Å². The molecule has 13 heteroatoms. The quantitative estimate of drug-likeness (QED) is 0.0491. The van der Waals surface area contributed by atoms with Gasteiger partial charge in [-0.25, -0.2) is 4.39 Å². The van der Waals surface area contributed by atoms with Crippen LogP contribution in [0.3, 0.4) is 0 Å². The van der Waals surface area contributed by atoms with E-state index >= 15 is 4.39 Å². The van der Waals surface area contributed by atoms with Gasteiger partial charge in [-0.1, -0.05) is 198 Å². The Labute approximate surface area is 347 Å². The Morgan fingerprint density at radius 1 is 0.643 bits per heavy atom. The van der Waals surface area contributed by atoms with E-state index in [0.717, 1.165) is 26.8 Å². The lowest BCUT2D eigenvalue weighted by atomic mass is 10.1. The molecule has 0 fully saturated rings. The second-order valence-electron chi connectivity index (χ2n) is 15.6. The van der Waals surface area contributed by atoms with Crippen LogP contribution in [0.2, 0.25) is 25.1 Å². The number of hydrogen-bond donors (Lipinski definition) is 1. The molecule has 296 valence electrons. The molecule has 5 aromatic carbocycles. The van der Waals surface area contributed by atoms with Crippen molar-refractivity contribution in [2.45, 2.75) is 74.9 Å². The van der Waals surface area contributed by atoms with Crippen LogP contribution in [0.4, 0.5) is 4.39 Å². The SMILES string of the molecule is CC(C)(C)[Si](OC[C@@H](OS(=O)(=O)c1cc(Cl)c(Cl)cc1Cl)[C@@H](O[Si](c1ccccc1)(c1ccccc1)C(C)(C)C)[C@H](F)C=N)(c1ccccc1)c1ccccc1. The van der Waals surface area contributed by atoms with E-state index in [1.165, 1.54) is 6.07 Å². The number of rotatable bonds is 15. The molecule has 0 unspecified atom stereocenters. The highest BCUT2D eigenvalue weighted by molar-refractivity contribution is 7.87. The zero-order chi connectivity index (χ0) is 40.9. The highest BCUT2D eigenvalue weighted by Gasteiger charge is 2.55. The minimum Gasteiger partial charge on any atom is -0.405 e. The number of benzene rings is 5. The zero-order valence-electron chi connectivity index (χ0n) is 32.2. The van der Waals surface area contributed by atoms with E-state index in [9.17, 15) is 8.42 Å². The molecule has 0 radical (unpaired) electrons. The summed E-state index contributed by atoms with van der Waals surface area (Å²) in [6.07, 6.45) is -4.84. The Balaban J connectivity index is 1.77. The van der Waals surface area contributed by atoms with Gasteiger partial charge in [-0.2, -0.15) is 8.42 Å². The van der Waals surface area contributed by atoms with Crippen molar-refractivity contribution in [1.29, 1.82) is 5.41 Å². The standard InChI is InChI=1S/C43H47Cl3FNO5SSi2/c1-42(2,3)55(31-19-11-7-12-20-31,32-21-13-8-14-22-32)51-30-39(52-54(49,50)40-28-36(45)35(44)27-37(40)46)41(38(47)29-48)53-56(43(4,5)6,33-23-15-9-16-24-33)34-25-17-10-18-26-34/h7-29,38-39,41,48H,30H2,1-6H3/t38-,39-,41+/m1/s1. The Morgan fingerprint density at radius 3 is 1.39 bits per heavy atom. The highest BCUT2D eigenvalue weighted by Crippen LogP contribution is 2.41. The minimum atomic E-state index is -4.81. The Kier molecular flexibility index (Phi) is 13.9. The van der Waals surface area contributed by atoms with E-state index in [-0.39, 0.29) is 15.1 Å². The van der Waals surface area contributed by atoms with E-state index in [4.69, 9.17) is 53.2 Å². The van der Waals surface area contributed by atoms with Crippen molar-refractivity contribution in [1.82, 2.24) is 0 Å². The van der Waals surface area contributed by atoms with Gasteiger partial charge in [0.1, 0.15) is 17.1 Å².